The Bertz CT molecular complexity index is 655. The third kappa shape index (κ3) is 3.14. The van der Waals surface area contributed by atoms with E-state index in [1.165, 1.54) is 0 Å². The van der Waals surface area contributed by atoms with E-state index < -0.39 is 10.0 Å². The van der Waals surface area contributed by atoms with Crippen LogP contribution in [-0.2, 0) is 15.4 Å². The molecule has 0 radical (unpaired) electrons. The van der Waals surface area contributed by atoms with E-state index in [2.05, 4.69) is 34.9 Å². The number of oxazole rings is 1. The number of aromatic nitrogens is 1. The first kappa shape index (κ1) is 13.6. The van der Waals surface area contributed by atoms with Gasteiger partial charge in [0.2, 0.25) is 5.03 Å². The van der Waals surface area contributed by atoms with Crippen LogP contribution < -0.4 is 4.72 Å². The fourth-order valence-electron chi connectivity index (χ4n) is 1.59. The van der Waals surface area contributed by atoms with E-state index in [9.17, 15) is 8.42 Å². The molecular weight excluding hydrogens is 264 g/mol. The van der Waals surface area contributed by atoms with Crippen molar-refractivity contribution in [3.8, 4) is 0 Å². The molecule has 2 aromatic rings. The summed E-state index contributed by atoms with van der Waals surface area (Å²) in [5, 5.41) is -0.131. The van der Waals surface area contributed by atoms with E-state index in [0.717, 1.165) is 18.2 Å². The van der Waals surface area contributed by atoms with Gasteiger partial charge in [-0.2, -0.15) is 8.42 Å². The number of anilines is 1. The first-order chi connectivity index (χ1) is 8.79. The molecule has 1 aromatic heterocycles. The molecule has 0 spiro atoms. The number of benzene rings is 1. The number of nitrogens with one attached hydrogen (secondary N) is 1. The first-order valence-electron chi connectivity index (χ1n) is 5.80. The highest BCUT2D eigenvalue weighted by Gasteiger charge is 2.19. The highest BCUT2D eigenvalue weighted by molar-refractivity contribution is 7.92. The maximum Gasteiger partial charge on any atom is 0.282 e. The molecule has 19 heavy (non-hydrogen) atoms. The van der Waals surface area contributed by atoms with Crippen LogP contribution in [0.2, 0.25) is 0 Å². The molecule has 0 saturated heterocycles. The second kappa shape index (κ2) is 4.70. The van der Waals surface area contributed by atoms with Crippen molar-refractivity contribution in [2.24, 2.45) is 0 Å². The standard InChI is InChI=1S/C13H16N2O3S/c1-13(2,3)10-5-4-6-11(7-10)15-19(16,17)12-8-18-9-14-12/h4-9,15H,1-3H3. The van der Waals surface area contributed by atoms with Gasteiger partial charge in [-0.25, -0.2) is 4.98 Å². The van der Waals surface area contributed by atoms with Crippen LogP contribution in [0.5, 0.6) is 0 Å². The van der Waals surface area contributed by atoms with Crippen LogP contribution in [0.15, 0.2) is 46.4 Å². The predicted octanol–water partition coefficient (Wildman–Crippen LogP) is 2.77. The molecule has 102 valence electrons. The topological polar surface area (TPSA) is 72.2 Å². The Morgan fingerprint density at radius 3 is 2.58 bits per heavy atom. The molecule has 0 unspecified atom stereocenters. The molecular formula is C13H16N2O3S. The van der Waals surface area contributed by atoms with Gasteiger partial charge in [-0.1, -0.05) is 32.9 Å². The Hall–Kier alpha value is -1.82. The number of nitrogens with zero attached hydrogens (tertiary/aromatic N) is 1. The molecule has 0 bridgehead atoms. The van der Waals surface area contributed by atoms with Crippen LogP contribution in [0.1, 0.15) is 26.3 Å². The third-order valence-corrected chi connectivity index (χ3v) is 3.92. The van der Waals surface area contributed by atoms with E-state index in [4.69, 9.17) is 0 Å². The van der Waals surface area contributed by atoms with Crippen LogP contribution >= 0.6 is 0 Å². The van der Waals surface area contributed by atoms with Gasteiger partial charge < -0.3 is 4.42 Å². The molecule has 0 amide bonds. The minimum atomic E-state index is -3.69. The van der Waals surface area contributed by atoms with Crippen molar-refractivity contribution >= 4 is 15.7 Å². The van der Waals surface area contributed by atoms with Gasteiger partial charge in [-0.05, 0) is 23.1 Å². The first-order valence-corrected chi connectivity index (χ1v) is 7.29. The van der Waals surface area contributed by atoms with Gasteiger partial charge in [0, 0.05) is 5.69 Å². The van der Waals surface area contributed by atoms with E-state index in [1.807, 2.05) is 18.2 Å². The van der Waals surface area contributed by atoms with Crippen molar-refractivity contribution in [3.05, 3.63) is 42.5 Å². The van der Waals surface area contributed by atoms with E-state index in [1.54, 1.807) is 6.07 Å². The van der Waals surface area contributed by atoms with Gasteiger partial charge in [-0.15, -0.1) is 0 Å². The van der Waals surface area contributed by atoms with Gasteiger partial charge in [0.05, 0.1) is 0 Å². The molecule has 0 saturated carbocycles. The zero-order valence-corrected chi connectivity index (χ0v) is 11.9. The summed E-state index contributed by atoms with van der Waals surface area (Å²) in [4.78, 5) is 3.64. The van der Waals surface area contributed by atoms with Crippen LogP contribution in [0.4, 0.5) is 5.69 Å². The summed E-state index contributed by atoms with van der Waals surface area (Å²) < 4.78 is 31.1. The molecule has 1 N–H and O–H groups in total. The Morgan fingerprint density at radius 2 is 2.00 bits per heavy atom. The number of hydrogen-bond donors (Lipinski definition) is 1. The lowest BCUT2D eigenvalue weighted by molar-refractivity contribution is 0.553. The normalized spacial score (nSPS) is 12.4. The molecule has 6 heteroatoms. The largest absolute Gasteiger partial charge is 0.450 e. The van der Waals surface area contributed by atoms with Gasteiger partial charge in [0.25, 0.3) is 10.0 Å². The predicted molar refractivity (Wildman–Crippen MR) is 72.5 cm³/mol. The van der Waals surface area contributed by atoms with E-state index in [-0.39, 0.29) is 10.4 Å². The summed E-state index contributed by atoms with van der Waals surface area (Å²) in [6.07, 6.45) is 2.18. The molecule has 1 aromatic carbocycles. The summed E-state index contributed by atoms with van der Waals surface area (Å²) >= 11 is 0. The summed E-state index contributed by atoms with van der Waals surface area (Å²) in [6, 6.07) is 7.31. The van der Waals surface area contributed by atoms with Gasteiger partial charge in [0.1, 0.15) is 6.26 Å². The van der Waals surface area contributed by atoms with Gasteiger partial charge >= 0.3 is 0 Å². The minimum absolute atomic E-state index is 0.0463. The van der Waals surface area contributed by atoms with Crippen molar-refractivity contribution < 1.29 is 12.8 Å². The van der Waals surface area contributed by atoms with Crippen LogP contribution in [0.25, 0.3) is 0 Å². The Labute approximate surface area is 112 Å². The molecule has 2 rings (SSSR count). The molecule has 0 atom stereocenters. The average Bonchev–Trinajstić information content (AvgIpc) is 2.81. The fraction of sp³-hybridized carbons (Fsp3) is 0.308. The minimum Gasteiger partial charge on any atom is -0.450 e. The van der Waals surface area contributed by atoms with Crippen LogP contribution in [0, 0.1) is 0 Å². The monoisotopic (exact) mass is 280 g/mol. The average molecular weight is 280 g/mol. The SMILES string of the molecule is CC(C)(C)c1cccc(NS(=O)(=O)c2cocn2)c1. The highest BCUT2D eigenvalue weighted by Crippen LogP contribution is 2.25. The fourth-order valence-corrected chi connectivity index (χ4v) is 2.50. The number of sulfonamides is 1. The lowest BCUT2D eigenvalue weighted by Gasteiger charge is -2.19. The zero-order valence-electron chi connectivity index (χ0n) is 11.0. The van der Waals surface area contributed by atoms with Gasteiger partial charge in [-0.3, -0.25) is 4.72 Å². The van der Waals surface area contributed by atoms with Crippen LogP contribution in [-0.4, -0.2) is 13.4 Å². The maximum absolute atomic E-state index is 12.0. The molecule has 0 aliphatic rings. The lowest BCUT2D eigenvalue weighted by Crippen LogP contribution is -2.15. The number of hydrogen-bond acceptors (Lipinski definition) is 4. The van der Waals surface area contributed by atoms with Crippen molar-refractivity contribution in [2.45, 2.75) is 31.2 Å². The van der Waals surface area contributed by atoms with Crippen molar-refractivity contribution in [1.82, 2.24) is 4.98 Å². The highest BCUT2D eigenvalue weighted by atomic mass is 32.2. The second-order valence-electron chi connectivity index (χ2n) is 5.26. The number of rotatable bonds is 3. The Kier molecular flexibility index (Phi) is 3.36. The molecule has 5 nitrogen and oxygen atoms in total. The summed E-state index contributed by atoms with van der Waals surface area (Å²) in [5.41, 5.74) is 1.51. The van der Waals surface area contributed by atoms with Crippen molar-refractivity contribution in [2.75, 3.05) is 4.72 Å². The van der Waals surface area contributed by atoms with Crippen molar-refractivity contribution in [1.29, 1.82) is 0 Å². The smallest absolute Gasteiger partial charge is 0.282 e. The Balaban J connectivity index is 2.30. The lowest BCUT2D eigenvalue weighted by atomic mass is 9.87. The van der Waals surface area contributed by atoms with Gasteiger partial charge in [0.15, 0.2) is 6.39 Å². The molecule has 0 aliphatic carbocycles. The summed E-state index contributed by atoms with van der Waals surface area (Å²) in [7, 11) is -3.69. The van der Waals surface area contributed by atoms with E-state index in [0.29, 0.717) is 5.69 Å². The van der Waals surface area contributed by atoms with Crippen molar-refractivity contribution in [3.63, 3.8) is 0 Å². The Morgan fingerprint density at radius 1 is 1.26 bits per heavy atom. The quantitative estimate of drug-likeness (QED) is 0.938. The molecule has 1 heterocycles. The zero-order chi connectivity index (χ0) is 14.1. The molecule has 0 fully saturated rings. The van der Waals surface area contributed by atoms with Crippen LogP contribution in [0.3, 0.4) is 0 Å². The second-order valence-corrected chi connectivity index (χ2v) is 6.89. The third-order valence-electron chi connectivity index (χ3n) is 2.67. The van der Waals surface area contributed by atoms with E-state index >= 15 is 0 Å². The summed E-state index contributed by atoms with van der Waals surface area (Å²) in [6.45, 7) is 6.20. The maximum atomic E-state index is 12.0. The summed E-state index contributed by atoms with van der Waals surface area (Å²) in [5.74, 6) is 0. The molecule has 0 aliphatic heterocycles.